The minimum absolute atomic E-state index is 0.132. The third kappa shape index (κ3) is 6.40. The molecular formula is C20H19FN2O5S. The van der Waals surface area contributed by atoms with Crippen molar-refractivity contribution in [1.29, 1.82) is 5.26 Å². The Bertz CT molecular complexity index is 1060. The highest BCUT2D eigenvalue weighted by Crippen LogP contribution is 2.15. The fourth-order valence-electron chi connectivity index (χ4n) is 2.34. The van der Waals surface area contributed by atoms with Gasteiger partial charge in [0.1, 0.15) is 11.6 Å². The number of nitrogens with one attached hydrogen (secondary N) is 1. The molecule has 0 aromatic heterocycles. The summed E-state index contributed by atoms with van der Waals surface area (Å²) in [5.74, 6) is -2.77. The summed E-state index contributed by atoms with van der Waals surface area (Å²) in [6, 6.07) is 11.4. The van der Waals surface area contributed by atoms with Crippen LogP contribution in [0, 0.1) is 24.1 Å². The Morgan fingerprint density at radius 2 is 1.86 bits per heavy atom. The molecule has 0 saturated heterocycles. The summed E-state index contributed by atoms with van der Waals surface area (Å²) >= 11 is 0. The van der Waals surface area contributed by atoms with Crippen molar-refractivity contribution in [2.45, 2.75) is 25.7 Å². The average Bonchev–Trinajstić information content (AvgIpc) is 2.64. The molecule has 0 unspecified atom stereocenters. The number of sulfone groups is 1. The van der Waals surface area contributed by atoms with Crippen LogP contribution in [0.4, 0.5) is 10.1 Å². The lowest BCUT2D eigenvalue weighted by atomic mass is 10.1. The standard InChI is InChI=1S/C20H19FN2O5S/c1-13-3-8-17(11-18(13)21)23-19(24)14(2)28-20(25)16-6-4-15(5-7-16)12-29(26,27)10-9-22/h3-8,11,14H,10,12H2,1-2H3,(H,23,24)/t14-/m0/s1. The van der Waals surface area contributed by atoms with Crippen LogP contribution in [-0.4, -0.2) is 32.2 Å². The fourth-order valence-corrected chi connectivity index (χ4v) is 3.34. The van der Waals surface area contributed by atoms with E-state index in [1.54, 1.807) is 13.0 Å². The topological polar surface area (TPSA) is 113 Å². The van der Waals surface area contributed by atoms with Gasteiger partial charge in [-0.25, -0.2) is 17.6 Å². The van der Waals surface area contributed by atoms with Crippen LogP contribution in [0.5, 0.6) is 0 Å². The summed E-state index contributed by atoms with van der Waals surface area (Å²) in [7, 11) is -3.54. The quantitative estimate of drug-likeness (QED) is 0.692. The number of aryl methyl sites for hydroxylation is 1. The van der Waals surface area contributed by atoms with E-state index in [1.165, 1.54) is 49.4 Å². The minimum Gasteiger partial charge on any atom is -0.449 e. The smallest absolute Gasteiger partial charge is 0.338 e. The molecule has 0 spiro atoms. The highest BCUT2D eigenvalue weighted by atomic mass is 32.2. The van der Waals surface area contributed by atoms with E-state index in [-0.39, 0.29) is 17.0 Å². The van der Waals surface area contributed by atoms with Crippen molar-refractivity contribution in [3.8, 4) is 6.07 Å². The molecule has 0 aliphatic rings. The summed E-state index contributed by atoms with van der Waals surface area (Å²) in [6.07, 6.45) is -1.14. The van der Waals surface area contributed by atoms with Gasteiger partial charge in [0.15, 0.2) is 15.9 Å². The lowest BCUT2D eigenvalue weighted by molar-refractivity contribution is -0.123. The van der Waals surface area contributed by atoms with E-state index < -0.39 is 39.4 Å². The fraction of sp³-hybridized carbons (Fsp3) is 0.250. The maximum absolute atomic E-state index is 13.6. The van der Waals surface area contributed by atoms with E-state index in [4.69, 9.17) is 10.00 Å². The maximum Gasteiger partial charge on any atom is 0.338 e. The second-order valence-corrected chi connectivity index (χ2v) is 8.45. The van der Waals surface area contributed by atoms with Gasteiger partial charge in [0.25, 0.3) is 5.91 Å². The second kappa shape index (κ2) is 9.30. The molecule has 0 saturated carbocycles. The number of carbonyl (C=O) groups excluding carboxylic acids is 2. The number of carbonyl (C=O) groups is 2. The molecule has 0 aliphatic heterocycles. The summed E-state index contributed by atoms with van der Waals surface area (Å²) < 4.78 is 41.9. The number of rotatable bonds is 7. The number of halogens is 1. The Balaban J connectivity index is 1.97. The zero-order valence-electron chi connectivity index (χ0n) is 15.8. The summed E-state index contributed by atoms with van der Waals surface area (Å²) in [5, 5.41) is 11.0. The molecule has 7 nitrogen and oxygen atoms in total. The van der Waals surface area contributed by atoms with Gasteiger partial charge < -0.3 is 10.1 Å². The maximum atomic E-state index is 13.6. The Kier molecular flexibility index (Phi) is 7.07. The summed E-state index contributed by atoms with van der Waals surface area (Å²) in [5.41, 5.74) is 1.23. The van der Waals surface area contributed by atoms with Crippen LogP contribution in [0.25, 0.3) is 0 Å². The molecule has 0 fully saturated rings. The third-order valence-corrected chi connectivity index (χ3v) is 5.30. The van der Waals surface area contributed by atoms with Crippen LogP contribution in [0.1, 0.15) is 28.4 Å². The van der Waals surface area contributed by atoms with Gasteiger partial charge in [0, 0.05) is 5.69 Å². The van der Waals surface area contributed by atoms with E-state index in [0.29, 0.717) is 11.1 Å². The van der Waals surface area contributed by atoms with Crippen molar-refractivity contribution >= 4 is 27.4 Å². The molecule has 0 heterocycles. The minimum atomic E-state index is -3.54. The zero-order chi connectivity index (χ0) is 21.6. The SMILES string of the molecule is Cc1ccc(NC(=O)[C@H](C)OC(=O)c2ccc(CS(=O)(=O)CC#N)cc2)cc1F. The molecule has 9 heteroatoms. The molecule has 0 bridgehead atoms. The Hall–Kier alpha value is -3.25. The van der Waals surface area contributed by atoms with Gasteiger partial charge >= 0.3 is 5.97 Å². The van der Waals surface area contributed by atoms with Crippen LogP contribution in [0.15, 0.2) is 42.5 Å². The van der Waals surface area contributed by atoms with Gasteiger partial charge in [-0.1, -0.05) is 18.2 Å². The lowest BCUT2D eigenvalue weighted by Gasteiger charge is -2.14. The lowest BCUT2D eigenvalue weighted by Crippen LogP contribution is -2.30. The van der Waals surface area contributed by atoms with E-state index in [0.717, 1.165) is 0 Å². The highest BCUT2D eigenvalue weighted by molar-refractivity contribution is 7.90. The second-order valence-electron chi connectivity index (χ2n) is 6.39. The van der Waals surface area contributed by atoms with Crippen molar-refractivity contribution in [3.63, 3.8) is 0 Å². The van der Waals surface area contributed by atoms with E-state index in [9.17, 15) is 22.4 Å². The molecule has 1 N–H and O–H groups in total. The third-order valence-electron chi connectivity index (χ3n) is 3.95. The Morgan fingerprint density at radius 1 is 1.21 bits per heavy atom. The molecular weight excluding hydrogens is 399 g/mol. The summed E-state index contributed by atoms with van der Waals surface area (Å²) in [6.45, 7) is 2.97. The van der Waals surface area contributed by atoms with Crippen molar-refractivity contribution < 1.29 is 27.1 Å². The van der Waals surface area contributed by atoms with Crippen LogP contribution < -0.4 is 5.32 Å². The molecule has 29 heavy (non-hydrogen) atoms. The first-order valence-electron chi connectivity index (χ1n) is 8.55. The van der Waals surface area contributed by atoms with Crippen molar-refractivity contribution in [2.24, 2.45) is 0 Å². The molecule has 1 amide bonds. The predicted molar refractivity (Wildman–Crippen MR) is 104 cm³/mol. The number of esters is 1. The Morgan fingerprint density at radius 3 is 2.45 bits per heavy atom. The number of nitrogens with zero attached hydrogens (tertiary/aromatic N) is 1. The van der Waals surface area contributed by atoms with E-state index >= 15 is 0 Å². The first-order valence-corrected chi connectivity index (χ1v) is 10.4. The summed E-state index contributed by atoms with van der Waals surface area (Å²) in [4.78, 5) is 24.3. The van der Waals surface area contributed by atoms with Crippen molar-refractivity contribution in [1.82, 2.24) is 0 Å². The number of ether oxygens (including phenoxy) is 1. The average molecular weight is 418 g/mol. The zero-order valence-corrected chi connectivity index (χ0v) is 16.6. The molecule has 0 radical (unpaired) electrons. The highest BCUT2D eigenvalue weighted by Gasteiger charge is 2.20. The van der Waals surface area contributed by atoms with Gasteiger partial charge in [-0.3, -0.25) is 4.79 Å². The van der Waals surface area contributed by atoms with Crippen LogP contribution >= 0.6 is 0 Å². The number of amides is 1. The molecule has 2 aromatic carbocycles. The van der Waals surface area contributed by atoms with Crippen molar-refractivity contribution in [3.05, 3.63) is 65.0 Å². The van der Waals surface area contributed by atoms with Gasteiger partial charge in [0.05, 0.1) is 17.4 Å². The van der Waals surface area contributed by atoms with Gasteiger partial charge in [-0.15, -0.1) is 0 Å². The van der Waals surface area contributed by atoms with Gasteiger partial charge in [-0.2, -0.15) is 5.26 Å². The molecule has 2 aromatic rings. The van der Waals surface area contributed by atoms with E-state index in [2.05, 4.69) is 5.32 Å². The van der Waals surface area contributed by atoms with Crippen LogP contribution in [0.3, 0.4) is 0 Å². The molecule has 1 atom stereocenters. The number of anilines is 1. The normalized spacial score (nSPS) is 11.9. The number of hydrogen-bond acceptors (Lipinski definition) is 6. The number of benzene rings is 2. The predicted octanol–water partition coefficient (Wildman–Crippen LogP) is 2.76. The van der Waals surface area contributed by atoms with Crippen molar-refractivity contribution in [2.75, 3.05) is 11.1 Å². The van der Waals surface area contributed by atoms with E-state index in [1.807, 2.05) is 0 Å². The van der Waals surface area contributed by atoms with Crippen LogP contribution in [-0.2, 0) is 25.1 Å². The first-order chi connectivity index (χ1) is 13.6. The molecule has 0 aliphatic carbocycles. The molecule has 2 rings (SSSR count). The monoisotopic (exact) mass is 418 g/mol. The first kappa shape index (κ1) is 22.0. The van der Waals surface area contributed by atoms with Gasteiger partial charge in [0.2, 0.25) is 0 Å². The van der Waals surface area contributed by atoms with Gasteiger partial charge in [-0.05, 0) is 49.2 Å². The largest absolute Gasteiger partial charge is 0.449 e. The number of hydrogen-bond donors (Lipinski definition) is 1. The van der Waals surface area contributed by atoms with Crippen LogP contribution in [0.2, 0.25) is 0 Å². The Labute approximate surface area is 168 Å². The molecule has 152 valence electrons. The number of nitriles is 1.